The van der Waals surface area contributed by atoms with Gasteiger partial charge in [-0.3, -0.25) is 4.90 Å². The topological polar surface area (TPSA) is 52.4 Å². The van der Waals surface area contributed by atoms with E-state index in [2.05, 4.69) is 22.1 Å². The van der Waals surface area contributed by atoms with Gasteiger partial charge >= 0.3 is 0 Å². The minimum Gasteiger partial charge on any atom is -0.493 e. The van der Waals surface area contributed by atoms with Crippen LogP contribution in [0.2, 0.25) is 0 Å². The van der Waals surface area contributed by atoms with E-state index in [4.69, 9.17) is 14.5 Å². The molecule has 2 aromatic carbocycles. The second-order valence-electron chi connectivity index (χ2n) is 7.15. The first-order chi connectivity index (χ1) is 14.2. The summed E-state index contributed by atoms with van der Waals surface area (Å²) >= 11 is 0. The van der Waals surface area contributed by atoms with Crippen LogP contribution in [-0.4, -0.2) is 47.0 Å². The Kier molecular flexibility index (Phi) is 5.76. The Morgan fingerprint density at radius 2 is 1.76 bits per heavy atom. The molecule has 0 amide bonds. The number of hydrogen-bond donors (Lipinski definition) is 0. The molecule has 0 radical (unpaired) electrons. The molecule has 1 aliphatic rings. The van der Waals surface area contributed by atoms with Gasteiger partial charge in [0, 0.05) is 44.1 Å². The number of halogens is 1. The Hall–Kier alpha value is -2.93. The normalized spacial score (nSPS) is 14.3. The molecule has 0 saturated heterocycles. The van der Waals surface area contributed by atoms with Crippen molar-refractivity contribution in [2.45, 2.75) is 25.9 Å². The van der Waals surface area contributed by atoms with Gasteiger partial charge in [-0.2, -0.15) is 5.10 Å². The van der Waals surface area contributed by atoms with Gasteiger partial charge in [0.15, 0.2) is 17.3 Å². The van der Waals surface area contributed by atoms with Gasteiger partial charge < -0.3 is 9.47 Å². The van der Waals surface area contributed by atoms with E-state index in [0.717, 1.165) is 44.1 Å². The lowest BCUT2D eigenvalue weighted by molar-refractivity contribution is 0.263. The van der Waals surface area contributed by atoms with Crippen LogP contribution < -0.4 is 9.47 Å². The van der Waals surface area contributed by atoms with E-state index < -0.39 is 0 Å². The number of aromatic nitrogens is 3. The Balaban J connectivity index is 1.42. The van der Waals surface area contributed by atoms with Crippen LogP contribution in [0.15, 0.2) is 42.5 Å². The van der Waals surface area contributed by atoms with Crippen molar-refractivity contribution in [1.82, 2.24) is 19.7 Å². The first kappa shape index (κ1) is 19.4. The van der Waals surface area contributed by atoms with Gasteiger partial charge in [0.1, 0.15) is 11.6 Å². The largest absolute Gasteiger partial charge is 0.493 e. The van der Waals surface area contributed by atoms with Crippen molar-refractivity contribution in [2.75, 3.05) is 27.3 Å². The first-order valence-electron chi connectivity index (χ1n) is 9.75. The van der Waals surface area contributed by atoms with Crippen molar-refractivity contribution in [3.05, 3.63) is 71.1 Å². The number of hydrogen-bond acceptors (Lipinski definition) is 5. The highest BCUT2D eigenvalue weighted by Crippen LogP contribution is 2.30. The standard InChI is InChI=1S/C22H25FN4O2/c1-28-19-13-17(18(23)14-20(19)29-2)15-26-9-8-22-24-21(25-27(22)11-10-26)12-16-6-4-3-5-7-16/h3-7,13-14H,8-12,15H2,1-2H3. The molecule has 0 fully saturated rings. The van der Waals surface area contributed by atoms with E-state index in [1.54, 1.807) is 13.2 Å². The highest BCUT2D eigenvalue weighted by Gasteiger charge is 2.20. The molecule has 0 spiro atoms. The summed E-state index contributed by atoms with van der Waals surface area (Å²) in [5.74, 6) is 2.50. The summed E-state index contributed by atoms with van der Waals surface area (Å²) in [5.41, 5.74) is 1.80. The molecule has 4 rings (SSSR count). The van der Waals surface area contributed by atoms with Gasteiger partial charge in [0.05, 0.1) is 20.8 Å². The van der Waals surface area contributed by atoms with Crippen LogP contribution in [0.5, 0.6) is 11.5 Å². The van der Waals surface area contributed by atoms with Gasteiger partial charge in [0.2, 0.25) is 0 Å². The molecule has 6 nitrogen and oxygen atoms in total. The third-order valence-electron chi connectivity index (χ3n) is 5.22. The average molecular weight is 396 g/mol. The Bertz CT molecular complexity index is 949. The van der Waals surface area contributed by atoms with Crippen molar-refractivity contribution in [1.29, 1.82) is 0 Å². The monoisotopic (exact) mass is 396 g/mol. The van der Waals surface area contributed by atoms with E-state index in [1.165, 1.54) is 18.7 Å². The smallest absolute Gasteiger partial charge is 0.163 e. The van der Waals surface area contributed by atoms with E-state index in [1.807, 2.05) is 22.9 Å². The van der Waals surface area contributed by atoms with E-state index in [0.29, 0.717) is 23.6 Å². The predicted molar refractivity (Wildman–Crippen MR) is 108 cm³/mol. The minimum absolute atomic E-state index is 0.284. The lowest BCUT2D eigenvalue weighted by Crippen LogP contribution is -2.27. The summed E-state index contributed by atoms with van der Waals surface area (Å²) in [4.78, 5) is 6.95. The maximum absolute atomic E-state index is 14.5. The number of fused-ring (bicyclic) bond motifs is 1. The van der Waals surface area contributed by atoms with Gasteiger partial charge in [-0.25, -0.2) is 14.1 Å². The summed E-state index contributed by atoms with van der Waals surface area (Å²) < 4.78 is 27.0. The van der Waals surface area contributed by atoms with Crippen LogP contribution >= 0.6 is 0 Å². The minimum atomic E-state index is -0.284. The van der Waals surface area contributed by atoms with E-state index >= 15 is 0 Å². The molecular formula is C22H25FN4O2. The molecule has 0 atom stereocenters. The van der Waals surface area contributed by atoms with Crippen molar-refractivity contribution in [3.8, 4) is 11.5 Å². The molecule has 1 aliphatic heterocycles. The average Bonchev–Trinajstić information content (AvgIpc) is 3.03. The summed E-state index contributed by atoms with van der Waals surface area (Å²) in [6.45, 7) is 2.84. The quantitative estimate of drug-likeness (QED) is 0.641. The number of rotatable bonds is 6. The SMILES string of the molecule is COc1cc(F)c(CN2CCc3nc(Cc4ccccc4)nn3CC2)cc1OC. The molecule has 0 aliphatic carbocycles. The Morgan fingerprint density at radius 3 is 2.52 bits per heavy atom. The summed E-state index contributed by atoms with van der Waals surface area (Å²) in [7, 11) is 3.06. The number of methoxy groups -OCH3 is 2. The van der Waals surface area contributed by atoms with Crippen LogP contribution in [0.4, 0.5) is 4.39 Å². The summed E-state index contributed by atoms with van der Waals surface area (Å²) in [6.07, 6.45) is 1.53. The predicted octanol–water partition coefficient (Wildman–Crippen LogP) is 3.08. The molecular weight excluding hydrogens is 371 g/mol. The molecule has 7 heteroatoms. The van der Waals surface area contributed by atoms with Crippen LogP contribution in [0.25, 0.3) is 0 Å². The maximum atomic E-state index is 14.5. The number of benzene rings is 2. The van der Waals surface area contributed by atoms with Gasteiger partial charge in [0.25, 0.3) is 0 Å². The molecule has 3 aromatic rings. The Labute approximate surface area is 169 Å². The van der Waals surface area contributed by atoms with Gasteiger partial charge in [-0.1, -0.05) is 30.3 Å². The second-order valence-corrected chi connectivity index (χ2v) is 7.15. The molecule has 0 saturated carbocycles. The highest BCUT2D eigenvalue weighted by atomic mass is 19.1. The molecule has 152 valence electrons. The summed E-state index contributed by atoms with van der Waals surface area (Å²) in [6, 6.07) is 13.3. The fraction of sp³-hybridized carbons (Fsp3) is 0.364. The van der Waals surface area contributed by atoms with Crippen LogP contribution in [0.1, 0.15) is 22.8 Å². The molecule has 0 bridgehead atoms. The second kappa shape index (κ2) is 8.61. The third kappa shape index (κ3) is 4.40. The lowest BCUT2D eigenvalue weighted by Gasteiger charge is -2.20. The van der Waals surface area contributed by atoms with E-state index in [9.17, 15) is 4.39 Å². The van der Waals surface area contributed by atoms with Crippen LogP contribution in [0.3, 0.4) is 0 Å². The number of nitrogens with zero attached hydrogens (tertiary/aromatic N) is 4. The fourth-order valence-corrected chi connectivity index (χ4v) is 3.67. The lowest BCUT2D eigenvalue weighted by atomic mass is 10.1. The zero-order valence-corrected chi connectivity index (χ0v) is 16.8. The van der Waals surface area contributed by atoms with Crippen molar-refractivity contribution >= 4 is 0 Å². The van der Waals surface area contributed by atoms with Gasteiger partial charge in [-0.15, -0.1) is 0 Å². The highest BCUT2D eigenvalue weighted by molar-refractivity contribution is 5.43. The molecule has 2 heterocycles. The van der Waals surface area contributed by atoms with Gasteiger partial charge in [-0.05, 0) is 11.6 Å². The third-order valence-corrected chi connectivity index (χ3v) is 5.22. The fourth-order valence-electron chi connectivity index (χ4n) is 3.67. The zero-order valence-electron chi connectivity index (χ0n) is 16.8. The molecule has 1 aromatic heterocycles. The zero-order chi connectivity index (χ0) is 20.2. The molecule has 0 unspecified atom stereocenters. The van der Waals surface area contributed by atoms with Crippen molar-refractivity contribution < 1.29 is 13.9 Å². The van der Waals surface area contributed by atoms with Crippen LogP contribution in [-0.2, 0) is 25.9 Å². The summed E-state index contributed by atoms with van der Waals surface area (Å²) in [5, 5.41) is 4.68. The number of ether oxygens (including phenoxy) is 2. The van der Waals surface area contributed by atoms with Crippen LogP contribution in [0, 0.1) is 5.82 Å². The Morgan fingerprint density at radius 1 is 1.00 bits per heavy atom. The first-order valence-corrected chi connectivity index (χ1v) is 9.75. The molecule has 29 heavy (non-hydrogen) atoms. The van der Waals surface area contributed by atoms with Crippen molar-refractivity contribution in [3.63, 3.8) is 0 Å². The maximum Gasteiger partial charge on any atom is 0.163 e. The van der Waals surface area contributed by atoms with Crippen molar-refractivity contribution in [2.24, 2.45) is 0 Å². The van der Waals surface area contributed by atoms with E-state index in [-0.39, 0.29) is 5.82 Å². The molecule has 0 N–H and O–H groups in total.